The minimum absolute atomic E-state index is 0.266. The Kier molecular flexibility index (Phi) is 3.51. The lowest BCUT2D eigenvalue weighted by Gasteiger charge is -2.26. The van der Waals surface area contributed by atoms with Crippen molar-refractivity contribution in [3.8, 4) is 0 Å². The van der Waals surface area contributed by atoms with Gasteiger partial charge in [0.15, 0.2) is 11.6 Å². The van der Waals surface area contributed by atoms with Gasteiger partial charge in [0.25, 0.3) is 5.91 Å². The van der Waals surface area contributed by atoms with Gasteiger partial charge in [-0.2, -0.15) is 0 Å². The predicted molar refractivity (Wildman–Crippen MR) is 60.1 cm³/mol. The second-order valence-corrected chi connectivity index (χ2v) is 5.44. The number of nitrogens with zero attached hydrogens (tertiary/aromatic N) is 1. The number of benzene rings is 1. The van der Waals surface area contributed by atoms with Crippen LogP contribution in [0.1, 0.15) is 10.4 Å². The van der Waals surface area contributed by atoms with Gasteiger partial charge in [0.1, 0.15) is 0 Å². The van der Waals surface area contributed by atoms with Gasteiger partial charge in [-0.3, -0.25) is 9.00 Å². The average molecular weight is 259 g/mol. The molecule has 1 aliphatic rings. The van der Waals surface area contributed by atoms with Crippen molar-refractivity contribution in [1.82, 2.24) is 4.90 Å². The summed E-state index contributed by atoms with van der Waals surface area (Å²) < 4.78 is 37.5. The quantitative estimate of drug-likeness (QED) is 0.759. The van der Waals surface area contributed by atoms with Crippen molar-refractivity contribution in [2.75, 3.05) is 24.6 Å². The molecule has 0 N–H and O–H groups in total. The van der Waals surface area contributed by atoms with Crippen molar-refractivity contribution in [1.29, 1.82) is 0 Å². The maximum Gasteiger partial charge on any atom is 0.256 e. The Balaban J connectivity index is 2.20. The van der Waals surface area contributed by atoms with E-state index in [1.807, 2.05) is 0 Å². The minimum atomic E-state index is -1.12. The Labute approximate surface area is 99.9 Å². The highest BCUT2D eigenvalue weighted by Gasteiger charge is 2.24. The van der Waals surface area contributed by atoms with Crippen LogP contribution in [0, 0.1) is 11.6 Å². The zero-order valence-corrected chi connectivity index (χ0v) is 9.80. The molecule has 0 aromatic heterocycles. The summed E-state index contributed by atoms with van der Waals surface area (Å²) in [5, 5.41) is 0. The number of hydrogen-bond acceptors (Lipinski definition) is 2. The normalized spacial score (nSPS) is 17.2. The topological polar surface area (TPSA) is 37.4 Å². The Morgan fingerprint density at radius 2 is 1.88 bits per heavy atom. The molecule has 1 fully saturated rings. The summed E-state index contributed by atoms with van der Waals surface area (Å²) in [4.78, 5) is 13.3. The lowest BCUT2D eigenvalue weighted by Crippen LogP contribution is -2.42. The van der Waals surface area contributed by atoms with E-state index in [0.29, 0.717) is 24.6 Å². The molecule has 0 atom stereocenters. The third-order valence-electron chi connectivity index (χ3n) is 2.65. The SMILES string of the molecule is O=C(c1cccc(F)c1F)N1CCS(=O)CC1. The van der Waals surface area contributed by atoms with E-state index in [1.54, 1.807) is 0 Å². The van der Waals surface area contributed by atoms with Crippen molar-refractivity contribution in [3.63, 3.8) is 0 Å². The standard InChI is InChI=1S/C11H11F2NO2S/c12-9-3-1-2-8(10(9)13)11(15)14-4-6-17(16)7-5-14/h1-3H,4-7H2. The van der Waals surface area contributed by atoms with Crippen LogP contribution in [0.4, 0.5) is 8.78 Å². The first-order valence-corrected chi connectivity index (χ1v) is 6.66. The van der Waals surface area contributed by atoms with Gasteiger partial charge in [0, 0.05) is 35.4 Å². The van der Waals surface area contributed by atoms with E-state index < -0.39 is 28.3 Å². The van der Waals surface area contributed by atoms with Gasteiger partial charge >= 0.3 is 0 Å². The predicted octanol–water partition coefficient (Wildman–Crippen LogP) is 1.17. The van der Waals surface area contributed by atoms with E-state index in [0.717, 1.165) is 6.07 Å². The fourth-order valence-electron chi connectivity index (χ4n) is 1.68. The van der Waals surface area contributed by atoms with Crippen LogP contribution in [0.3, 0.4) is 0 Å². The number of carbonyl (C=O) groups excluding carboxylic acids is 1. The molecule has 0 radical (unpaired) electrons. The molecule has 0 unspecified atom stereocenters. The number of rotatable bonds is 1. The van der Waals surface area contributed by atoms with Gasteiger partial charge < -0.3 is 4.90 Å². The second kappa shape index (κ2) is 4.91. The molecule has 1 aromatic rings. The fourth-order valence-corrected chi connectivity index (χ4v) is 2.73. The largest absolute Gasteiger partial charge is 0.337 e. The lowest BCUT2D eigenvalue weighted by atomic mass is 10.1. The van der Waals surface area contributed by atoms with Crippen molar-refractivity contribution in [2.24, 2.45) is 0 Å². The smallest absolute Gasteiger partial charge is 0.256 e. The van der Waals surface area contributed by atoms with Crippen LogP contribution >= 0.6 is 0 Å². The summed E-state index contributed by atoms with van der Waals surface area (Å²) in [6.07, 6.45) is 0. The molecule has 1 heterocycles. The second-order valence-electron chi connectivity index (χ2n) is 3.74. The summed E-state index contributed by atoms with van der Waals surface area (Å²) >= 11 is 0. The first kappa shape index (κ1) is 12.2. The summed E-state index contributed by atoms with van der Waals surface area (Å²) in [5.41, 5.74) is -0.266. The summed E-state index contributed by atoms with van der Waals surface area (Å²) in [5.74, 6) is -1.91. The van der Waals surface area contributed by atoms with Gasteiger partial charge in [-0.15, -0.1) is 0 Å². The van der Waals surface area contributed by atoms with Crippen LogP contribution in [0.5, 0.6) is 0 Å². The van der Waals surface area contributed by atoms with E-state index in [2.05, 4.69) is 0 Å². The Morgan fingerprint density at radius 3 is 2.53 bits per heavy atom. The maximum atomic E-state index is 13.4. The van der Waals surface area contributed by atoms with E-state index >= 15 is 0 Å². The third-order valence-corrected chi connectivity index (χ3v) is 3.92. The van der Waals surface area contributed by atoms with Crippen LogP contribution < -0.4 is 0 Å². The molecule has 0 bridgehead atoms. The average Bonchev–Trinajstić information content (AvgIpc) is 2.33. The molecule has 0 spiro atoms. The van der Waals surface area contributed by atoms with Crippen LogP contribution in [0.25, 0.3) is 0 Å². The van der Waals surface area contributed by atoms with Gasteiger partial charge in [-0.25, -0.2) is 8.78 Å². The molecule has 1 aromatic carbocycles. The van der Waals surface area contributed by atoms with E-state index in [-0.39, 0.29) is 5.56 Å². The van der Waals surface area contributed by atoms with Gasteiger partial charge in [0.05, 0.1) is 5.56 Å². The number of halogens is 2. The molecule has 1 aliphatic heterocycles. The monoisotopic (exact) mass is 259 g/mol. The van der Waals surface area contributed by atoms with Crippen LogP contribution in [0.2, 0.25) is 0 Å². The highest BCUT2D eigenvalue weighted by Crippen LogP contribution is 2.15. The van der Waals surface area contributed by atoms with Crippen molar-refractivity contribution in [2.45, 2.75) is 0 Å². The molecule has 1 saturated heterocycles. The van der Waals surface area contributed by atoms with E-state index in [9.17, 15) is 17.8 Å². The van der Waals surface area contributed by atoms with Crippen molar-refractivity contribution in [3.05, 3.63) is 35.4 Å². The maximum absolute atomic E-state index is 13.4. The van der Waals surface area contributed by atoms with Gasteiger partial charge in [-0.1, -0.05) is 6.07 Å². The van der Waals surface area contributed by atoms with Crippen LogP contribution in [-0.4, -0.2) is 39.6 Å². The Hall–Kier alpha value is -1.30. The molecule has 2 rings (SSSR count). The zero-order chi connectivity index (χ0) is 12.4. The third kappa shape index (κ3) is 2.52. The number of amides is 1. The molecule has 1 amide bonds. The summed E-state index contributed by atoms with van der Waals surface area (Å²) in [6, 6.07) is 3.53. The Bertz CT molecular complexity index is 469. The zero-order valence-electron chi connectivity index (χ0n) is 8.99. The first-order valence-electron chi connectivity index (χ1n) is 5.18. The van der Waals surface area contributed by atoms with E-state index in [4.69, 9.17) is 0 Å². The van der Waals surface area contributed by atoms with Gasteiger partial charge in [-0.05, 0) is 12.1 Å². The summed E-state index contributed by atoms with van der Waals surface area (Å²) in [6.45, 7) is 0.642. The minimum Gasteiger partial charge on any atom is -0.337 e. The van der Waals surface area contributed by atoms with Crippen molar-refractivity contribution < 1.29 is 17.8 Å². The molecule has 17 heavy (non-hydrogen) atoms. The van der Waals surface area contributed by atoms with E-state index in [1.165, 1.54) is 17.0 Å². The highest BCUT2D eigenvalue weighted by atomic mass is 32.2. The number of hydrogen-bond donors (Lipinski definition) is 0. The first-order chi connectivity index (χ1) is 8.09. The molecular formula is C11H11F2NO2S. The van der Waals surface area contributed by atoms with Crippen molar-refractivity contribution >= 4 is 16.7 Å². The molecule has 0 aliphatic carbocycles. The fraction of sp³-hybridized carbons (Fsp3) is 0.364. The molecule has 6 heteroatoms. The molecule has 92 valence electrons. The van der Waals surface area contributed by atoms with Gasteiger partial charge in [0.2, 0.25) is 0 Å². The Morgan fingerprint density at radius 1 is 1.24 bits per heavy atom. The molecular weight excluding hydrogens is 248 g/mol. The molecule has 3 nitrogen and oxygen atoms in total. The highest BCUT2D eigenvalue weighted by molar-refractivity contribution is 7.85. The molecule has 0 saturated carbocycles. The number of carbonyl (C=O) groups is 1. The van der Waals surface area contributed by atoms with Crippen LogP contribution in [-0.2, 0) is 10.8 Å². The lowest BCUT2D eigenvalue weighted by molar-refractivity contribution is 0.0765. The van der Waals surface area contributed by atoms with Crippen LogP contribution in [0.15, 0.2) is 18.2 Å². The summed E-state index contributed by atoms with van der Waals surface area (Å²) in [7, 11) is -0.905.